The topological polar surface area (TPSA) is 105 Å². The van der Waals surface area contributed by atoms with Gasteiger partial charge in [0.1, 0.15) is 5.69 Å². The molecule has 19 heavy (non-hydrogen) atoms. The van der Waals surface area contributed by atoms with Gasteiger partial charge in [-0.1, -0.05) is 6.07 Å². The van der Waals surface area contributed by atoms with E-state index in [1.165, 1.54) is 12.1 Å². The first-order valence-corrected chi connectivity index (χ1v) is 5.41. The van der Waals surface area contributed by atoms with E-state index in [2.05, 4.69) is 5.32 Å². The van der Waals surface area contributed by atoms with Crippen LogP contribution in [0.4, 0.5) is 22.7 Å². The third-order valence-electron chi connectivity index (χ3n) is 2.49. The molecule has 6 nitrogen and oxygen atoms in total. The molecule has 0 aromatic heterocycles. The fourth-order valence-corrected chi connectivity index (χ4v) is 1.63. The minimum Gasteiger partial charge on any atom is -0.399 e. The molecule has 0 amide bonds. The number of hydrogen-bond acceptors (Lipinski definition) is 5. The van der Waals surface area contributed by atoms with Crippen LogP contribution in [0.3, 0.4) is 0 Å². The molecule has 0 fully saturated rings. The Morgan fingerprint density at radius 1 is 1.26 bits per heavy atom. The normalized spacial score (nSPS) is 9.63. The van der Waals surface area contributed by atoms with Gasteiger partial charge in [0.05, 0.1) is 16.6 Å². The van der Waals surface area contributed by atoms with Crippen molar-refractivity contribution in [2.75, 3.05) is 11.1 Å². The molecule has 0 aliphatic rings. The van der Waals surface area contributed by atoms with E-state index in [-0.39, 0.29) is 5.69 Å². The third kappa shape index (κ3) is 2.79. The molecule has 2 aromatic carbocycles. The van der Waals surface area contributed by atoms with Crippen LogP contribution in [0, 0.1) is 21.4 Å². The summed E-state index contributed by atoms with van der Waals surface area (Å²) in [6, 6.07) is 13.1. The zero-order chi connectivity index (χ0) is 13.8. The first kappa shape index (κ1) is 12.4. The molecule has 0 saturated carbocycles. The molecule has 0 aliphatic heterocycles. The number of benzene rings is 2. The Labute approximate surface area is 109 Å². The van der Waals surface area contributed by atoms with E-state index >= 15 is 0 Å². The van der Waals surface area contributed by atoms with Crippen molar-refractivity contribution in [3.63, 3.8) is 0 Å². The minimum atomic E-state index is -0.507. The van der Waals surface area contributed by atoms with Gasteiger partial charge < -0.3 is 11.1 Å². The van der Waals surface area contributed by atoms with Gasteiger partial charge in [-0.15, -0.1) is 0 Å². The van der Waals surface area contributed by atoms with E-state index in [9.17, 15) is 10.1 Å². The zero-order valence-electron chi connectivity index (χ0n) is 9.83. The monoisotopic (exact) mass is 254 g/mol. The Morgan fingerprint density at radius 3 is 2.74 bits per heavy atom. The van der Waals surface area contributed by atoms with Crippen molar-refractivity contribution in [3.05, 3.63) is 58.1 Å². The van der Waals surface area contributed by atoms with Crippen molar-refractivity contribution in [1.29, 1.82) is 5.26 Å². The molecule has 0 atom stereocenters. The lowest BCUT2D eigenvalue weighted by molar-refractivity contribution is -0.383. The molecule has 94 valence electrons. The summed E-state index contributed by atoms with van der Waals surface area (Å²) >= 11 is 0. The number of nitriles is 1. The molecule has 2 rings (SSSR count). The van der Waals surface area contributed by atoms with Crippen LogP contribution < -0.4 is 11.1 Å². The number of nitro benzene ring substituents is 1. The average molecular weight is 254 g/mol. The second-order valence-corrected chi connectivity index (χ2v) is 3.85. The number of hydrogen-bond donors (Lipinski definition) is 2. The van der Waals surface area contributed by atoms with Crippen molar-refractivity contribution >= 4 is 22.7 Å². The number of anilines is 3. The highest BCUT2D eigenvalue weighted by atomic mass is 16.6. The van der Waals surface area contributed by atoms with Crippen molar-refractivity contribution in [2.24, 2.45) is 0 Å². The number of rotatable bonds is 3. The van der Waals surface area contributed by atoms with Gasteiger partial charge in [-0.3, -0.25) is 10.1 Å². The lowest BCUT2D eigenvalue weighted by Gasteiger charge is -2.07. The van der Waals surface area contributed by atoms with Crippen molar-refractivity contribution in [3.8, 4) is 6.07 Å². The maximum atomic E-state index is 10.9. The third-order valence-corrected chi connectivity index (χ3v) is 2.49. The van der Waals surface area contributed by atoms with Gasteiger partial charge in [0.25, 0.3) is 5.69 Å². The maximum Gasteiger partial charge on any atom is 0.294 e. The summed E-state index contributed by atoms with van der Waals surface area (Å²) in [7, 11) is 0. The van der Waals surface area contributed by atoms with Gasteiger partial charge in [0.15, 0.2) is 0 Å². The molecule has 0 spiro atoms. The molecule has 2 aromatic rings. The van der Waals surface area contributed by atoms with E-state index in [0.29, 0.717) is 22.6 Å². The Kier molecular flexibility index (Phi) is 3.30. The molecule has 6 heteroatoms. The van der Waals surface area contributed by atoms with Crippen LogP contribution in [0.25, 0.3) is 0 Å². The standard InChI is InChI=1S/C13H10N4O2/c14-8-9-2-1-3-11(6-9)16-12-5-4-10(15)7-13(12)17(18)19/h1-7,16H,15H2. The van der Waals surface area contributed by atoms with Crippen LogP contribution in [0.2, 0.25) is 0 Å². The SMILES string of the molecule is N#Cc1cccc(Nc2ccc(N)cc2[N+](=O)[O-])c1. The van der Waals surface area contributed by atoms with Crippen molar-refractivity contribution in [1.82, 2.24) is 0 Å². The number of nitrogens with two attached hydrogens (primary N) is 1. The number of nitrogens with zero attached hydrogens (tertiary/aromatic N) is 2. The summed E-state index contributed by atoms with van der Waals surface area (Å²) in [5.74, 6) is 0. The van der Waals surface area contributed by atoms with Gasteiger partial charge in [-0.2, -0.15) is 5.26 Å². The first-order valence-electron chi connectivity index (χ1n) is 5.41. The minimum absolute atomic E-state index is 0.109. The van der Waals surface area contributed by atoms with Gasteiger partial charge in [0, 0.05) is 17.4 Å². The number of nitrogen functional groups attached to an aromatic ring is 1. The van der Waals surface area contributed by atoms with Crippen LogP contribution in [-0.4, -0.2) is 4.92 Å². The van der Waals surface area contributed by atoms with Gasteiger partial charge in [-0.05, 0) is 30.3 Å². The second kappa shape index (κ2) is 5.06. The molecule has 0 bridgehead atoms. The second-order valence-electron chi connectivity index (χ2n) is 3.85. The molecule has 0 radical (unpaired) electrons. The van der Waals surface area contributed by atoms with Crippen LogP contribution in [0.5, 0.6) is 0 Å². The van der Waals surface area contributed by atoms with Gasteiger partial charge in [0.2, 0.25) is 0 Å². The largest absolute Gasteiger partial charge is 0.399 e. The number of nitro groups is 1. The Balaban J connectivity index is 2.38. The van der Waals surface area contributed by atoms with Gasteiger partial charge >= 0.3 is 0 Å². The fourth-order valence-electron chi connectivity index (χ4n) is 1.63. The average Bonchev–Trinajstić information content (AvgIpc) is 2.41. The van der Waals surface area contributed by atoms with E-state index < -0.39 is 4.92 Å². The molecule has 0 aliphatic carbocycles. The quantitative estimate of drug-likeness (QED) is 0.497. The summed E-state index contributed by atoms with van der Waals surface area (Å²) in [6.45, 7) is 0. The maximum absolute atomic E-state index is 10.9. The zero-order valence-corrected chi connectivity index (χ0v) is 9.83. The lowest BCUT2D eigenvalue weighted by atomic mass is 10.2. The van der Waals surface area contributed by atoms with Crippen LogP contribution in [0.15, 0.2) is 42.5 Å². The summed E-state index contributed by atoms with van der Waals surface area (Å²) in [6.07, 6.45) is 0. The molecular formula is C13H10N4O2. The van der Waals surface area contributed by atoms with Crippen molar-refractivity contribution in [2.45, 2.75) is 0 Å². The van der Waals surface area contributed by atoms with Crippen LogP contribution in [0.1, 0.15) is 5.56 Å². The molecule has 3 N–H and O–H groups in total. The Bertz CT molecular complexity index is 677. The highest BCUT2D eigenvalue weighted by molar-refractivity contribution is 5.73. The highest BCUT2D eigenvalue weighted by Gasteiger charge is 2.14. The number of nitrogens with one attached hydrogen (secondary N) is 1. The predicted octanol–water partition coefficient (Wildman–Crippen LogP) is 2.79. The summed E-state index contributed by atoms with van der Waals surface area (Å²) in [5, 5.41) is 22.7. The molecule has 0 unspecified atom stereocenters. The summed E-state index contributed by atoms with van der Waals surface area (Å²) in [5.41, 5.74) is 7.15. The van der Waals surface area contributed by atoms with Crippen molar-refractivity contribution < 1.29 is 4.92 Å². The molecular weight excluding hydrogens is 244 g/mol. The van der Waals surface area contributed by atoms with E-state index in [0.717, 1.165) is 0 Å². The van der Waals surface area contributed by atoms with E-state index in [1.54, 1.807) is 30.3 Å². The lowest BCUT2D eigenvalue weighted by Crippen LogP contribution is -1.98. The fraction of sp³-hybridized carbons (Fsp3) is 0. The Hall–Kier alpha value is -3.07. The summed E-state index contributed by atoms with van der Waals surface area (Å²) in [4.78, 5) is 10.4. The Morgan fingerprint density at radius 2 is 2.05 bits per heavy atom. The summed E-state index contributed by atoms with van der Waals surface area (Å²) < 4.78 is 0. The van der Waals surface area contributed by atoms with Crippen LogP contribution >= 0.6 is 0 Å². The molecule has 0 saturated heterocycles. The first-order chi connectivity index (χ1) is 9.10. The molecule has 0 heterocycles. The van der Waals surface area contributed by atoms with Gasteiger partial charge in [-0.25, -0.2) is 0 Å². The highest BCUT2D eigenvalue weighted by Crippen LogP contribution is 2.29. The van der Waals surface area contributed by atoms with E-state index in [4.69, 9.17) is 11.0 Å². The smallest absolute Gasteiger partial charge is 0.294 e. The predicted molar refractivity (Wildman–Crippen MR) is 71.9 cm³/mol. The van der Waals surface area contributed by atoms with Crippen LogP contribution in [-0.2, 0) is 0 Å². The van der Waals surface area contributed by atoms with E-state index in [1.807, 2.05) is 6.07 Å².